The smallest absolute Gasteiger partial charge is 0.255 e. The number of nitrogens with zero attached hydrogens (tertiary/aromatic N) is 3. The third-order valence-corrected chi connectivity index (χ3v) is 7.56. The topological polar surface area (TPSA) is 137 Å². The monoisotopic (exact) mass is 569 g/mol. The molecule has 3 aromatic rings. The minimum absolute atomic E-state index is 0.0835. The Morgan fingerprint density at radius 2 is 2.05 bits per heavy atom. The second-order valence-corrected chi connectivity index (χ2v) is 10.4. The van der Waals surface area contributed by atoms with Gasteiger partial charge in [0, 0.05) is 29.8 Å². The summed E-state index contributed by atoms with van der Waals surface area (Å²) in [7, 11) is 1.39. The van der Waals surface area contributed by atoms with E-state index in [1.54, 1.807) is 19.1 Å². The number of carbonyl (C=O) groups is 2. The fraction of sp³-hybridized carbons (Fsp3) is 0.357. The van der Waals surface area contributed by atoms with Gasteiger partial charge in [-0.2, -0.15) is 0 Å². The molecule has 10 nitrogen and oxygen atoms in total. The first-order chi connectivity index (χ1) is 19.2. The summed E-state index contributed by atoms with van der Waals surface area (Å²) in [5.41, 5.74) is 2.58. The largest absolute Gasteiger partial charge is 0.497 e. The number of hydrogen-bond acceptors (Lipinski definition) is 8. The van der Waals surface area contributed by atoms with E-state index in [0.717, 1.165) is 5.56 Å². The van der Waals surface area contributed by atoms with E-state index in [1.165, 1.54) is 36.4 Å². The highest BCUT2D eigenvalue weighted by Crippen LogP contribution is 2.33. The van der Waals surface area contributed by atoms with Gasteiger partial charge in [-0.05, 0) is 49.1 Å². The zero-order chi connectivity index (χ0) is 28.6. The second-order valence-electron chi connectivity index (χ2n) is 10.0. The number of rotatable bonds is 9. The summed E-state index contributed by atoms with van der Waals surface area (Å²) < 4.78 is 19.1. The maximum Gasteiger partial charge on any atom is 0.255 e. The number of nitrogens with one attached hydrogen (secondary N) is 2. The Morgan fingerprint density at radius 1 is 1.27 bits per heavy atom. The Hall–Kier alpha value is -3.80. The number of amides is 2. The van der Waals surface area contributed by atoms with Crippen LogP contribution in [0.3, 0.4) is 0 Å². The quantitative estimate of drug-likeness (QED) is 0.309. The number of fused-ring (bicyclic) bond motifs is 1. The fourth-order valence-corrected chi connectivity index (χ4v) is 5.08. The van der Waals surface area contributed by atoms with E-state index in [-0.39, 0.29) is 30.3 Å². The van der Waals surface area contributed by atoms with Gasteiger partial charge in [0.15, 0.2) is 0 Å². The predicted molar refractivity (Wildman–Crippen MR) is 145 cm³/mol. The SMILES string of the molecule is COc1cc(F)cc(C(CO)NC(=O)C(C)N2Cc3ccc(-c4nc(NC5CC(O)C5)ncc4Cl)cc3C2=O)c1. The zero-order valence-electron chi connectivity index (χ0n) is 21.9. The lowest BCUT2D eigenvalue weighted by Gasteiger charge is -2.31. The molecule has 5 rings (SSSR count). The summed E-state index contributed by atoms with van der Waals surface area (Å²) in [5.74, 6) is -0.766. The van der Waals surface area contributed by atoms with Crippen molar-refractivity contribution in [1.82, 2.24) is 20.2 Å². The van der Waals surface area contributed by atoms with E-state index in [2.05, 4.69) is 20.6 Å². The highest BCUT2D eigenvalue weighted by molar-refractivity contribution is 6.33. The number of aliphatic hydroxyl groups excluding tert-OH is 2. The molecule has 40 heavy (non-hydrogen) atoms. The Morgan fingerprint density at radius 3 is 2.75 bits per heavy atom. The predicted octanol–water partition coefficient (Wildman–Crippen LogP) is 3.07. The summed E-state index contributed by atoms with van der Waals surface area (Å²) in [6.45, 7) is 1.34. The number of carbonyl (C=O) groups excluding carboxylic acids is 2. The van der Waals surface area contributed by atoms with Gasteiger partial charge in [-0.25, -0.2) is 14.4 Å². The van der Waals surface area contributed by atoms with Gasteiger partial charge in [0.05, 0.1) is 42.8 Å². The Bertz CT molecular complexity index is 1450. The van der Waals surface area contributed by atoms with Crippen LogP contribution in [0, 0.1) is 5.82 Å². The summed E-state index contributed by atoms with van der Waals surface area (Å²) in [6, 6.07) is 7.57. The lowest BCUT2D eigenvalue weighted by molar-refractivity contribution is -0.126. The van der Waals surface area contributed by atoms with Gasteiger partial charge in [0.25, 0.3) is 5.91 Å². The van der Waals surface area contributed by atoms with E-state index in [1.807, 2.05) is 6.07 Å². The number of hydrogen-bond donors (Lipinski definition) is 4. The average Bonchev–Trinajstić information content (AvgIpc) is 3.26. The highest BCUT2D eigenvalue weighted by Gasteiger charge is 2.35. The van der Waals surface area contributed by atoms with Gasteiger partial charge in [-0.1, -0.05) is 23.7 Å². The van der Waals surface area contributed by atoms with Crippen LogP contribution in [0.4, 0.5) is 10.3 Å². The first-order valence-corrected chi connectivity index (χ1v) is 13.2. The molecule has 0 spiro atoms. The van der Waals surface area contributed by atoms with Crippen LogP contribution in [0.5, 0.6) is 5.75 Å². The van der Waals surface area contributed by atoms with Crippen molar-refractivity contribution in [3.63, 3.8) is 0 Å². The number of aliphatic hydroxyl groups is 2. The number of benzene rings is 2. The molecule has 1 aliphatic carbocycles. The molecule has 1 aromatic heterocycles. The molecule has 2 amide bonds. The second kappa shape index (κ2) is 11.4. The molecule has 2 aromatic carbocycles. The van der Waals surface area contributed by atoms with Crippen molar-refractivity contribution in [2.24, 2.45) is 0 Å². The maximum atomic E-state index is 14.0. The van der Waals surface area contributed by atoms with Crippen LogP contribution >= 0.6 is 11.6 Å². The molecule has 12 heteroatoms. The first kappa shape index (κ1) is 27.8. The lowest BCUT2D eigenvalue weighted by Crippen LogP contribution is -2.46. The third kappa shape index (κ3) is 5.58. The van der Waals surface area contributed by atoms with Crippen molar-refractivity contribution in [2.45, 2.75) is 50.5 Å². The average molecular weight is 570 g/mol. The molecule has 2 aliphatic rings. The van der Waals surface area contributed by atoms with Crippen LogP contribution in [0.15, 0.2) is 42.6 Å². The van der Waals surface area contributed by atoms with Crippen molar-refractivity contribution < 1.29 is 28.9 Å². The molecule has 2 unspecified atom stereocenters. The van der Waals surface area contributed by atoms with Crippen molar-refractivity contribution in [2.75, 3.05) is 19.0 Å². The van der Waals surface area contributed by atoms with Gasteiger partial charge in [-0.15, -0.1) is 0 Å². The Balaban J connectivity index is 1.31. The van der Waals surface area contributed by atoms with Gasteiger partial charge in [0.2, 0.25) is 11.9 Å². The van der Waals surface area contributed by atoms with Gasteiger partial charge in [-0.3, -0.25) is 9.59 Å². The number of aromatic nitrogens is 2. The van der Waals surface area contributed by atoms with Gasteiger partial charge in [0.1, 0.15) is 17.6 Å². The summed E-state index contributed by atoms with van der Waals surface area (Å²) in [5, 5.41) is 25.6. The number of ether oxygens (including phenoxy) is 1. The van der Waals surface area contributed by atoms with Crippen LogP contribution in [0.25, 0.3) is 11.3 Å². The van der Waals surface area contributed by atoms with Crippen molar-refractivity contribution in [3.05, 3.63) is 70.1 Å². The van der Waals surface area contributed by atoms with E-state index < -0.39 is 30.4 Å². The molecule has 4 N–H and O–H groups in total. The first-order valence-electron chi connectivity index (χ1n) is 12.8. The number of anilines is 1. The molecular formula is C28H29ClFN5O5. The molecule has 1 aliphatic heterocycles. The standard InChI is InChI=1S/C28H29ClFN5O5/c1-14(26(38)33-24(13-36)17-5-18(30)8-21(6-17)40-2)35-12-16-4-3-15(7-22(16)27(35)39)25-23(29)11-31-28(34-25)32-19-9-20(37)10-19/h3-8,11,14,19-20,24,36-37H,9-10,12-13H2,1-2H3,(H,33,38)(H,31,32,34). The highest BCUT2D eigenvalue weighted by atomic mass is 35.5. The summed E-state index contributed by atoms with van der Waals surface area (Å²) in [6.07, 6.45) is 2.40. The van der Waals surface area contributed by atoms with Gasteiger partial charge >= 0.3 is 0 Å². The van der Waals surface area contributed by atoms with Crippen molar-refractivity contribution in [1.29, 1.82) is 0 Å². The van der Waals surface area contributed by atoms with Crippen molar-refractivity contribution >= 4 is 29.4 Å². The molecule has 0 saturated heterocycles. The van der Waals surface area contributed by atoms with E-state index in [9.17, 15) is 24.2 Å². The normalized spacial score (nSPS) is 19.4. The van der Waals surface area contributed by atoms with Crippen molar-refractivity contribution in [3.8, 4) is 17.0 Å². The molecular weight excluding hydrogens is 541 g/mol. The minimum Gasteiger partial charge on any atom is -0.497 e. The number of methoxy groups -OCH3 is 1. The zero-order valence-corrected chi connectivity index (χ0v) is 22.7. The molecule has 1 fully saturated rings. The molecule has 0 bridgehead atoms. The van der Waals surface area contributed by atoms with E-state index in [0.29, 0.717) is 46.2 Å². The molecule has 0 radical (unpaired) electrons. The summed E-state index contributed by atoms with van der Waals surface area (Å²) in [4.78, 5) is 36.7. The van der Waals surface area contributed by atoms with Crippen LogP contribution in [-0.4, -0.2) is 68.8 Å². The fourth-order valence-electron chi connectivity index (χ4n) is 4.88. The van der Waals surface area contributed by atoms with E-state index >= 15 is 0 Å². The lowest BCUT2D eigenvalue weighted by atomic mass is 9.90. The van der Waals surface area contributed by atoms with Crippen LogP contribution in [0.1, 0.15) is 47.3 Å². The Kier molecular flexibility index (Phi) is 7.88. The third-order valence-electron chi connectivity index (χ3n) is 7.28. The van der Waals surface area contributed by atoms with Gasteiger partial charge < -0.3 is 30.5 Å². The van der Waals surface area contributed by atoms with E-state index in [4.69, 9.17) is 16.3 Å². The summed E-state index contributed by atoms with van der Waals surface area (Å²) >= 11 is 6.40. The van der Waals surface area contributed by atoms with Crippen LogP contribution in [0.2, 0.25) is 5.02 Å². The molecule has 1 saturated carbocycles. The minimum atomic E-state index is -0.892. The van der Waals surface area contributed by atoms with Crippen LogP contribution < -0.4 is 15.4 Å². The molecule has 210 valence electrons. The molecule has 2 atom stereocenters. The molecule has 2 heterocycles. The Labute approximate surface area is 235 Å². The number of halogens is 2. The maximum absolute atomic E-state index is 14.0. The van der Waals surface area contributed by atoms with Crippen LogP contribution in [-0.2, 0) is 11.3 Å².